The fourth-order valence-corrected chi connectivity index (χ4v) is 6.29. The molecule has 1 unspecified atom stereocenters. The van der Waals surface area contributed by atoms with Gasteiger partial charge < -0.3 is 14.2 Å². The van der Waals surface area contributed by atoms with Crippen LogP contribution in [-0.2, 0) is 28.6 Å². The molecule has 0 aromatic carbocycles. The van der Waals surface area contributed by atoms with E-state index in [1.165, 1.54) is 6.42 Å². The monoisotopic (exact) mass is 983 g/mol. The van der Waals surface area contributed by atoms with Gasteiger partial charge in [0.25, 0.3) is 0 Å². The molecule has 0 amide bonds. The van der Waals surface area contributed by atoms with Crippen LogP contribution >= 0.6 is 0 Å². The van der Waals surface area contributed by atoms with E-state index in [2.05, 4.69) is 118 Å². The van der Waals surface area contributed by atoms with Gasteiger partial charge in [-0.2, -0.15) is 0 Å². The molecule has 0 aliphatic rings. The standard InChI is InChI=1S/C66H94O6/c1-4-7-10-13-16-19-22-25-28-31-33-36-38-41-44-47-50-53-56-59-65(68)71-62-63(61-70-64(67)58-55-52-49-46-43-40-37-34-30-27-24-21-18-15-12-9-6-3)72-66(69)60-57-54-51-48-45-42-39-35-32-29-26-23-20-17-14-11-8-5-2/h7,9-12,14-21,23-30,32-37,39-41,43-44,50,53,63H,4-6,8,13,22,31,38,42,45-49,51-52,54-62H2,1-3H3/b10-7-,12-9-,14-11-,18-15-,19-16-,20-17-,24-21-,26-23-,28-25-,30-27-,32-29-,36-33-,37-34+,39-35-,43-40-,44-41-,53-50-. The smallest absolute Gasteiger partial charge is 0.306 e. The summed E-state index contributed by atoms with van der Waals surface area (Å²) in [6.07, 6.45) is 89.5. The van der Waals surface area contributed by atoms with Gasteiger partial charge in [-0.25, -0.2) is 0 Å². The van der Waals surface area contributed by atoms with Gasteiger partial charge in [0.1, 0.15) is 13.2 Å². The van der Waals surface area contributed by atoms with Gasteiger partial charge in [-0.3, -0.25) is 14.4 Å². The van der Waals surface area contributed by atoms with Crippen molar-refractivity contribution in [2.24, 2.45) is 0 Å². The number of rotatable bonds is 45. The van der Waals surface area contributed by atoms with Gasteiger partial charge in [-0.1, -0.05) is 259 Å². The SMILES string of the molecule is CC\C=C/C=C\C=C/C=C\C=C\C=C/CCCCCC(=O)OCC(COC(=O)CC/C=C\C/C=C\C/C=C\C/C=C\C/C=C\C/C=C\CC)OC(=O)CCCCCCC\C=C/C=C\C=C/C=C\C=C/CCC. The van der Waals surface area contributed by atoms with Crippen LogP contribution in [0.3, 0.4) is 0 Å². The van der Waals surface area contributed by atoms with Gasteiger partial charge in [0.15, 0.2) is 6.10 Å². The Labute approximate surface area is 439 Å². The molecule has 0 radical (unpaired) electrons. The molecule has 394 valence electrons. The number of ether oxygens (including phenoxy) is 3. The molecule has 0 heterocycles. The number of unbranched alkanes of at least 4 members (excludes halogenated alkanes) is 9. The normalized spacial score (nSPS) is 13.8. The highest BCUT2D eigenvalue weighted by molar-refractivity contribution is 5.71. The molecule has 6 nitrogen and oxygen atoms in total. The van der Waals surface area contributed by atoms with Gasteiger partial charge in [0, 0.05) is 19.3 Å². The van der Waals surface area contributed by atoms with E-state index in [1.807, 2.05) is 109 Å². The minimum absolute atomic E-state index is 0.149. The molecule has 1 atom stereocenters. The number of hydrogen-bond donors (Lipinski definition) is 0. The highest BCUT2D eigenvalue weighted by atomic mass is 16.6. The fourth-order valence-electron chi connectivity index (χ4n) is 6.29. The van der Waals surface area contributed by atoms with Crippen LogP contribution in [0.2, 0.25) is 0 Å². The van der Waals surface area contributed by atoms with Gasteiger partial charge >= 0.3 is 17.9 Å². The number of allylic oxidation sites excluding steroid dienone is 34. The molecule has 0 bridgehead atoms. The molecule has 72 heavy (non-hydrogen) atoms. The van der Waals surface area contributed by atoms with Gasteiger partial charge in [-0.15, -0.1) is 0 Å². The molecule has 0 aliphatic carbocycles. The zero-order valence-corrected chi connectivity index (χ0v) is 44.8. The summed E-state index contributed by atoms with van der Waals surface area (Å²) < 4.78 is 16.7. The van der Waals surface area contributed by atoms with E-state index in [0.717, 1.165) is 103 Å². The summed E-state index contributed by atoms with van der Waals surface area (Å²) in [4.78, 5) is 38.1. The quantitative estimate of drug-likeness (QED) is 0.0199. The van der Waals surface area contributed by atoms with Crippen molar-refractivity contribution in [2.75, 3.05) is 13.2 Å². The van der Waals surface area contributed by atoms with E-state index >= 15 is 0 Å². The Hall–Kier alpha value is -6.01. The minimum Gasteiger partial charge on any atom is -0.462 e. The number of esters is 3. The zero-order valence-electron chi connectivity index (χ0n) is 44.8. The predicted molar refractivity (Wildman–Crippen MR) is 310 cm³/mol. The lowest BCUT2D eigenvalue weighted by molar-refractivity contribution is -0.166. The van der Waals surface area contributed by atoms with Crippen molar-refractivity contribution in [3.63, 3.8) is 0 Å². The third kappa shape index (κ3) is 54.9. The van der Waals surface area contributed by atoms with Gasteiger partial charge in [0.05, 0.1) is 0 Å². The Bertz CT molecular complexity index is 1840. The third-order valence-electron chi connectivity index (χ3n) is 10.3. The van der Waals surface area contributed by atoms with E-state index in [1.54, 1.807) is 0 Å². The van der Waals surface area contributed by atoms with Crippen molar-refractivity contribution in [3.8, 4) is 0 Å². The third-order valence-corrected chi connectivity index (χ3v) is 10.3. The van der Waals surface area contributed by atoms with Crippen molar-refractivity contribution < 1.29 is 28.6 Å². The average molecular weight is 983 g/mol. The topological polar surface area (TPSA) is 78.9 Å². The summed E-state index contributed by atoms with van der Waals surface area (Å²) in [5.74, 6) is -1.12. The van der Waals surface area contributed by atoms with Crippen molar-refractivity contribution in [1.29, 1.82) is 0 Å². The van der Waals surface area contributed by atoms with Crippen LogP contribution < -0.4 is 0 Å². The first-order chi connectivity index (χ1) is 35.5. The Morgan fingerprint density at radius 1 is 0.306 bits per heavy atom. The summed E-state index contributed by atoms with van der Waals surface area (Å²) in [5.41, 5.74) is 0. The van der Waals surface area contributed by atoms with Crippen LogP contribution in [0.15, 0.2) is 207 Å². The van der Waals surface area contributed by atoms with Crippen LogP contribution in [0.25, 0.3) is 0 Å². The first-order valence-electron chi connectivity index (χ1n) is 27.2. The van der Waals surface area contributed by atoms with Crippen LogP contribution in [0.4, 0.5) is 0 Å². The van der Waals surface area contributed by atoms with Crippen molar-refractivity contribution in [2.45, 2.75) is 175 Å². The first-order valence-corrected chi connectivity index (χ1v) is 27.2. The predicted octanol–water partition coefficient (Wildman–Crippen LogP) is 18.5. The van der Waals surface area contributed by atoms with Gasteiger partial charge in [0.2, 0.25) is 0 Å². The highest BCUT2D eigenvalue weighted by Crippen LogP contribution is 2.11. The lowest BCUT2D eigenvalue weighted by atomic mass is 10.1. The Morgan fingerprint density at radius 2 is 0.639 bits per heavy atom. The molecular weight excluding hydrogens is 889 g/mol. The van der Waals surface area contributed by atoms with E-state index in [-0.39, 0.29) is 50.4 Å². The molecule has 0 fully saturated rings. The molecule has 0 aromatic rings. The summed E-state index contributed by atoms with van der Waals surface area (Å²) >= 11 is 0. The second kappa shape index (κ2) is 57.6. The number of carbonyl (C=O) groups excluding carboxylic acids is 3. The van der Waals surface area contributed by atoms with Crippen molar-refractivity contribution in [1.82, 2.24) is 0 Å². The average Bonchev–Trinajstić information content (AvgIpc) is 3.38. The number of carbonyl (C=O) groups is 3. The minimum atomic E-state index is -0.856. The lowest BCUT2D eigenvalue weighted by Gasteiger charge is -2.18. The zero-order chi connectivity index (χ0) is 52.2. The highest BCUT2D eigenvalue weighted by Gasteiger charge is 2.19. The molecule has 0 N–H and O–H groups in total. The van der Waals surface area contributed by atoms with Crippen molar-refractivity contribution in [3.05, 3.63) is 207 Å². The molecule has 0 aromatic heterocycles. The maximum Gasteiger partial charge on any atom is 0.306 e. The van der Waals surface area contributed by atoms with E-state index in [4.69, 9.17) is 14.2 Å². The van der Waals surface area contributed by atoms with E-state index < -0.39 is 6.10 Å². The Morgan fingerprint density at radius 3 is 1.08 bits per heavy atom. The lowest BCUT2D eigenvalue weighted by Crippen LogP contribution is -2.30. The van der Waals surface area contributed by atoms with Crippen molar-refractivity contribution >= 4 is 17.9 Å². The van der Waals surface area contributed by atoms with Gasteiger partial charge in [-0.05, 0) is 96.3 Å². The largest absolute Gasteiger partial charge is 0.462 e. The fraction of sp³-hybridized carbons (Fsp3) is 0.439. The van der Waals surface area contributed by atoms with E-state index in [9.17, 15) is 14.4 Å². The maximum atomic E-state index is 12.8. The van der Waals surface area contributed by atoms with E-state index in [0.29, 0.717) is 19.3 Å². The molecule has 0 rings (SSSR count). The summed E-state index contributed by atoms with van der Waals surface area (Å²) in [6.45, 7) is 6.13. The van der Waals surface area contributed by atoms with Crippen LogP contribution in [0.5, 0.6) is 0 Å². The summed E-state index contributed by atoms with van der Waals surface area (Å²) in [5, 5.41) is 0. The molecular formula is C66H94O6. The Balaban J connectivity index is 4.71. The Kier molecular flexibility index (Phi) is 52.8. The molecule has 6 heteroatoms. The maximum absolute atomic E-state index is 12.8. The van der Waals surface area contributed by atoms with Crippen LogP contribution in [-0.4, -0.2) is 37.2 Å². The molecule has 0 saturated heterocycles. The van der Waals surface area contributed by atoms with Crippen LogP contribution in [0.1, 0.15) is 168 Å². The second-order valence-corrected chi connectivity index (χ2v) is 16.9. The molecule has 0 saturated carbocycles. The first kappa shape index (κ1) is 66.0. The number of hydrogen-bond acceptors (Lipinski definition) is 6. The second-order valence-electron chi connectivity index (χ2n) is 16.9. The summed E-state index contributed by atoms with van der Waals surface area (Å²) in [7, 11) is 0. The molecule has 0 spiro atoms. The molecule has 0 aliphatic heterocycles. The summed E-state index contributed by atoms with van der Waals surface area (Å²) in [6, 6.07) is 0. The van der Waals surface area contributed by atoms with Crippen LogP contribution in [0, 0.1) is 0 Å².